The molecule has 174 valence electrons. The molecule has 0 radical (unpaired) electrons. The van der Waals surface area contributed by atoms with E-state index in [0.29, 0.717) is 12.7 Å². The van der Waals surface area contributed by atoms with Crippen LogP contribution in [0.25, 0.3) is 0 Å². The van der Waals surface area contributed by atoms with Crippen molar-refractivity contribution in [1.82, 2.24) is 0 Å². The summed E-state index contributed by atoms with van der Waals surface area (Å²) in [4.78, 5) is 22.6. The molecule has 33 heavy (non-hydrogen) atoms. The SMILES string of the molecule is CC(OCc1ccccc1)C(=O)Cl.CC(OCc1ccccc1)C(=O)c1ccc(F)cc1F. The molecule has 0 spiro atoms. The van der Waals surface area contributed by atoms with Gasteiger partial charge in [-0.05, 0) is 48.7 Å². The Morgan fingerprint density at radius 3 is 1.73 bits per heavy atom. The molecule has 0 bridgehead atoms. The Morgan fingerprint density at radius 1 is 0.788 bits per heavy atom. The van der Waals surface area contributed by atoms with Gasteiger partial charge in [0.05, 0.1) is 18.8 Å². The van der Waals surface area contributed by atoms with Gasteiger partial charge in [-0.25, -0.2) is 8.78 Å². The highest BCUT2D eigenvalue weighted by atomic mass is 35.5. The van der Waals surface area contributed by atoms with Crippen molar-refractivity contribution in [2.75, 3.05) is 0 Å². The van der Waals surface area contributed by atoms with E-state index >= 15 is 0 Å². The van der Waals surface area contributed by atoms with Crippen molar-refractivity contribution in [1.29, 1.82) is 0 Å². The van der Waals surface area contributed by atoms with Crippen LogP contribution in [0.2, 0.25) is 0 Å². The second-order valence-corrected chi connectivity index (χ2v) is 7.54. The first-order chi connectivity index (χ1) is 15.8. The van der Waals surface area contributed by atoms with Crippen molar-refractivity contribution in [3.8, 4) is 0 Å². The Morgan fingerprint density at radius 2 is 1.27 bits per heavy atom. The van der Waals surface area contributed by atoms with Crippen molar-refractivity contribution in [3.63, 3.8) is 0 Å². The van der Waals surface area contributed by atoms with E-state index in [1.54, 1.807) is 13.8 Å². The van der Waals surface area contributed by atoms with Gasteiger partial charge in [-0.2, -0.15) is 0 Å². The molecule has 3 aromatic carbocycles. The second kappa shape index (κ2) is 13.6. The Hall–Kier alpha value is -2.93. The summed E-state index contributed by atoms with van der Waals surface area (Å²) in [7, 11) is 0. The van der Waals surface area contributed by atoms with Crippen LogP contribution in [0.5, 0.6) is 0 Å². The van der Waals surface area contributed by atoms with Crippen LogP contribution < -0.4 is 0 Å². The second-order valence-electron chi connectivity index (χ2n) is 7.17. The molecule has 2 unspecified atom stereocenters. The largest absolute Gasteiger partial charge is 0.366 e. The van der Waals surface area contributed by atoms with E-state index in [9.17, 15) is 18.4 Å². The first-order valence-electron chi connectivity index (χ1n) is 10.3. The number of carbonyl (C=O) groups is 2. The predicted molar refractivity (Wildman–Crippen MR) is 123 cm³/mol. The highest BCUT2D eigenvalue weighted by Crippen LogP contribution is 2.14. The average molecular weight is 475 g/mol. The normalized spacial score (nSPS) is 12.3. The van der Waals surface area contributed by atoms with Gasteiger partial charge in [-0.1, -0.05) is 60.7 Å². The van der Waals surface area contributed by atoms with E-state index in [2.05, 4.69) is 0 Å². The number of rotatable bonds is 9. The molecular formula is C26H25ClF2O4. The molecule has 4 nitrogen and oxygen atoms in total. The number of hydrogen-bond donors (Lipinski definition) is 0. The highest BCUT2D eigenvalue weighted by molar-refractivity contribution is 6.64. The Labute approximate surface area is 197 Å². The van der Waals surface area contributed by atoms with E-state index in [1.165, 1.54) is 0 Å². The van der Waals surface area contributed by atoms with E-state index < -0.39 is 34.9 Å². The molecule has 0 heterocycles. The van der Waals surface area contributed by atoms with Gasteiger partial charge in [0.1, 0.15) is 23.8 Å². The van der Waals surface area contributed by atoms with Crippen LogP contribution in [0.15, 0.2) is 78.9 Å². The zero-order valence-electron chi connectivity index (χ0n) is 18.3. The molecule has 0 aliphatic carbocycles. The van der Waals surface area contributed by atoms with Crippen LogP contribution in [0.4, 0.5) is 8.78 Å². The molecule has 0 N–H and O–H groups in total. The monoisotopic (exact) mass is 474 g/mol. The summed E-state index contributed by atoms with van der Waals surface area (Å²) in [6.07, 6.45) is -1.34. The quantitative estimate of drug-likeness (QED) is 0.277. The number of carbonyl (C=O) groups excluding carboxylic acids is 2. The molecule has 0 saturated heterocycles. The van der Waals surface area contributed by atoms with Crippen LogP contribution in [0.3, 0.4) is 0 Å². The number of benzene rings is 3. The summed E-state index contributed by atoms with van der Waals surface area (Å²) in [5, 5.41) is -0.462. The number of hydrogen-bond acceptors (Lipinski definition) is 4. The maximum atomic E-state index is 13.5. The highest BCUT2D eigenvalue weighted by Gasteiger charge is 2.19. The fourth-order valence-electron chi connectivity index (χ4n) is 2.64. The summed E-state index contributed by atoms with van der Waals surface area (Å²) in [6.45, 7) is 3.86. The fourth-order valence-corrected chi connectivity index (χ4v) is 2.70. The van der Waals surface area contributed by atoms with Gasteiger partial charge in [0.15, 0.2) is 5.78 Å². The molecule has 3 aromatic rings. The van der Waals surface area contributed by atoms with Crippen molar-refractivity contribution in [3.05, 3.63) is 107 Å². The minimum atomic E-state index is -0.870. The summed E-state index contributed by atoms with van der Waals surface area (Å²) in [6, 6.07) is 21.9. The molecule has 2 atom stereocenters. The van der Waals surface area contributed by atoms with Gasteiger partial charge < -0.3 is 9.47 Å². The fraction of sp³-hybridized carbons (Fsp3) is 0.231. The van der Waals surface area contributed by atoms with Gasteiger partial charge in [0, 0.05) is 6.07 Å². The lowest BCUT2D eigenvalue weighted by Crippen LogP contribution is -2.22. The molecule has 0 saturated carbocycles. The summed E-state index contributed by atoms with van der Waals surface area (Å²) in [5.41, 5.74) is 1.80. The Bertz CT molecular complexity index is 1030. The van der Waals surface area contributed by atoms with Crippen molar-refractivity contribution < 1.29 is 27.8 Å². The van der Waals surface area contributed by atoms with Gasteiger partial charge in [0.2, 0.25) is 5.24 Å². The predicted octanol–water partition coefficient (Wildman–Crippen LogP) is 6.11. The van der Waals surface area contributed by atoms with Crippen LogP contribution in [-0.2, 0) is 27.5 Å². The van der Waals surface area contributed by atoms with E-state index in [0.717, 1.165) is 23.3 Å². The molecule has 0 aliphatic heterocycles. The zero-order chi connectivity index (χ0) is 24.2. The summed E-state index contributed by atoms with van der Waals surface area (Å²) < 4.78 is 36.9. The van der Waals surface area contributed by atoms with Crippen molar-refractivity contribution in [2.45, 2.75) is 39.3 Å². The topological polar surface area (TPSA) is 52.6 Å². The number of halogens is 3. The van der Waals surface area contributed by atoms with Crippen LogP contribution in [0, 0.1) is 11.6 Å². The van der Waals surface area contributed by atoms with Gasteiger partial charge in [-0.15, -0.1) is 0 Å². The van der Waals surface area contributed by atoms with E-state index in [4.69, 9.17) is 21.1 Å². The molecule has 0 fully saturated rings. The maximum absolute atomic E-state index is 13.5. The zero-order valence-corrected chi connectivity index (χ0v) is 19.1. The number of ether oxygens (including phenoxy) is 2. The van der Waals surface area contributed by atoms with Crippen molar-refractivity contribution in [2.24, 2.45) is 0 Å². The average Bonchev–Trinajstić information content (AvgIpc) is 2.82. The molecule has 0 amide bonds. The lowest BCUT2D eigenvalue weighted by molar-refractivity contribution is -0.122. The molecule has 3 rings (SSSR count). The lowest BCUT2D eigenvalue weighted by atomic mass is 10.1. The summed E-state index contributed by atoms with van der Waals surface area (Å²) >= 11 is 5.23. The van der Waals surface area contributed by atoms with E-state index in [-0.39, 0.29) is 12.2 Å². The third kappa shape index (κ3) is 9.22. The first kappa shape index (κ1) is 26.3. The molecule has 0 aromatic heterocycles. The smallest absolute Gasteiger partial charge is 0.250 e. The van der Waals surface area contributed by atoms with Gasteiger partial charge in [-0.3, -0.25) is 9.59 Å². The van der Waals surface area contributed by atoms with Crippen molar-refractivity contribution >= 4 is 22.6 Å². The number of Topliss-reactive ketones (excluding diaryl/α,β-unsaturated/α-hetero) is 1. The maximum Gasteiger partial charge on any atom is 0.250 e. The molecule has 7 heteroatoms. The van der Waals surface area contributed by atoms with Crippen LogP contribution in [0.1, 0.15) is 35.3 Å². The van der Waals surface area contributed by atoms with Gasteiger partial charge in [0.25, 0.3) is 0 Å². The third-order valence-electron chi connectivity index (χ3n) is 4.57. The van der Waals surface area contributed by atoms with Crippen LogP contribution in [-0.4, -0.2) is 23.2 Å². The molecule has 0 aliphatic rings. The lowest BCUT2D eigenvalue weighted by Gasteiger charge is -2.12. The van der Waals surface area contributed by atoms with Crippen LogP contribution >= 0.6 is 11.6 Å². The minimum Gasteiger partial charge on any atom is -0.366 e. The summed E-state index contributed by atoms with van der Waals surface area (Å²) in [5.74, 6) is -2.08. The molecular weight excluding hydrogens is 450 g/mol. The van der Waals surface area contributed by atoms with Gasteiger partial charge >= 0.3 is 0 Å². The first-order valence-corrected chi connectivity index (χ1v) is 10.7. The minimum absolute atomic E-state index is 0.160. The Kier molecular flexibility index (Phi) is 10.8. The Balaban J connectivity index is 0.000000257. The van der Waals surface area contributed by atoms with E-state index in [1.807, 2.05) is 60.7 Å². The number of ketones is 1. The standard InChI is InChI=1S/C16H14F2O2.C10H11ClO2/c1-11(20-10-12-5-3-2-4-6-12)16(19)14-8-7-13(17)9-15(14)18;1-8(10(11)12)13-7-9-5-3-2-4-6-9/h2-9,11H,10H2,1H3;2-6,8H,7H2,1H3. The third-order valence-corrected chi connectivity index (χ3v) is 4.88.